The number of nitrogens with zero attached hydrogens (tertiary/aromatic N) is 5. The van der Waals surface area contributed by atoms with E-state index in [2.05, 4.69) is 31.4 Å². The number of benzene rings is 3. The molecule has 34 heavy (non-hydrogen) atoms. The number of anilines is 2. The van der Waals surface area contributed by atoms with Crippen LogP contribution >= 0.6 is 0 Å². The summed E-state index contributed by atoms with van der Waals surface area (Å²) in [6, 6.07) is 20.0. The van der Waals surface area contributed by atoms with E-state index in [0.717, 1.165) is 39.2 Å². The topological polar surface area (TPSA) is 87.0 Å². The Labute approximate surface area is 197 Å². The summed E-state index contributed by atoms with van der Waals surface area (Å²) in [5.41, 5.74) is 4.74. The molecular formula is C26H24N6O2. The maximum absolute atomic E-state index is 5.95. The fourth-order valence-corrected chi connectivity index (χ4v) is 3.71. The summed E-state index contributed by atoms with van der Waals surface area (Å²) in [6.45, 7) is 3.99. The summed E-state index contributed by atoms with van der Waals surface area (Å²) >= 11 is 0. The highest BCUT2D eigenvalue weighted by Crippen LogP contribution is 2.35. The molecular weight excluding hydrogens is 428 g/mol. The number of methoxy groups -OCH3 is 1. The molecule has 0 aliphatic heterocycles. The van der Waals surface area contributed by atoms with Gasteiger partial charge in [0.2, 0.25) is 0 Å². The molecule has 0 aliphatic rings. The van der Waals surface area contributed by atoms with Crippen LogP contribution < -0.4 is 14.8 Å². The first-order chi connectivity index (χ1) is 16.6. The predicted octanol–water partition coefficient (Wildman–Crippen LogP) is 5.42. The Kier molecular flexibility index (Phi) is 5.78. The molecule has 2 aromatic heterocycles. The fourth-order valence-electron chi connectivity index (χ4n) is 3.71. The van der Waals surface area contributed by atoms with Crippen molar-refractivity contribution in [2.24, 2.45) is 0 Å². The van der Waals surface area contributed by atoms with Gasteiger partial charge in [-0.15, -0.1) is 0 Å². The van der Waals surface area contributed by atoms with Crippen molar-refractivity contribution in [2.45, 2.75) is 20.0 Å². The standard InChI is InChI=1S/C26H24N6O2/c1-17(2)34-25-13-19(5-11-24(25)33-3)18-4-10-23-22(12-18)26(29-15-28-23)31-20-6-8-21(9-7-20)32-16-27-14-30-32/h4-17H,1-3H3,(H,28,29,31). The van der Waals surface area contributed by atoms with Crippen LogP contribution in [0.3, 0.4) is 0 Å². The van der Waals surface area contributed by atoms with Gasteiger partial charge in [0.25, 0.3) is 0 Å². The van der Waals surface area contributed by atoms with E-state index in [-0.39, 0.29) is 6.10 Å². The van der Waals surface area contributed by atoms with E-state index in [1.165, 1.54) is 6.33 Å². The number of aromatic nitrogens is 5. The van der Waals surface area contributed by atoms with Gasteiger partial charge < -0.3 is 14.8 Å². The summed E-state index contributed by atoms with van der Waals surface area (Å²) in [4.78, 5) is 12.9. The third-order valence-corrected chi connectivity index (χ3v) is 5.31. The maximum atomic E-state index is 5.95. The molecule has 5 rings (SSSR count). The van der Waals surface area contributed by atoms with Crippen LogP contribution in [0.4, 0.5) is 11.5 Å². The number of ether oxygens (including phenoxy) is 2. The van der Waals surface area contributed by atoms with Gasteiger partial charge in [0, 0.05) is 11.1 Å². The summed E-state index contributed by atoms with van der Waals surface area (Å²) in [6.07, 6.45) is 4.78. The molecule has 1 N–H and O–H groups in total. The lowest BCUT2D eigenvalue weighted by atomic mass is 10.0. The van der Waals surface area contributed by atoms with Crippen molar-refractivity contribution >= 4 is 22.4 Å². The largest absolute Gasteiger partial charge is 0.493 e. The van der Waals surface area contributed by atoms with Crippen molar-refractivity contribution in [1.29, 1.82) is 0 Å². The molecule has 0 bridgehead atoms. The quantitative estimate of drug-likeness (QED) is 0.353. The molecule has 0 atom stereocenters. The lowest BCUT2D eigenvalue weighted by molar-refractivity contribution is 0.230. The van der Waals surface area contributed by atoms with Crippen LogP contribution in [0.5, 0.6) is 11.5 Å². The first-order valence-corrected chi connectivity index (χ1v) is 10.9. The minimum atomic E-state index is 0.0425. The van der Waals surface area contributed by atoms with Crippen molar-refractivity contribution in [1.82, 2.24) is 24.7 Å². The van der Waals surface area contributed by atoms with E-state index in [1.807, 2.05) is 68.4 Å². The lowest BCUT2D eigenvalue weighted by Crippen LogP contribution is -2.06. The van der Waals surface area contributed by atoms with Gasteiger partial charge in [0.15, 0.2) is 11.5 Å². The zero-order chi connectivity index (χ0) is 23.5. The molecule has 8 nitrogen and oxygen atoms in total. The molecule has 0 radical (unpaired) electrons. The molecule has 2 heterocycles. The van der Waals surface area contributed by atoms with Crippen LogP contribution in [0.2, 0.25) is 0 Å². The number of rotatable bonds is 7. The van der Waals surface area contributed by atoms with Crippen LogP contribution in [0.25, 0.3) is 27.7 Å². The van der Waals surface area contributed by atoms with Crippen molar-refractivity contribution in [2.75, 3.05) is 12.4 Å². The summed E-state index contributed by atoms with van der Waals surface area (Å²) in [5.74, 6) is 2.15. The van der Waals surface area contributed by atoms with Crippen LogP contribution in [0, 0.1) is 0 Å². The van der Waals surface area contributed by atoms with E-state index >= 15 is 0 Å². The molecule has 0 unspecified atom stereocenters. The molecule has 0 amide bonds. The fraction of sp³-hybridized carbons (Fsp3) is 0.154. The molecule has 5 aromatic rings. The number of hydrogen-bond acceptors (Lipinski definition) is 7. The van der Waals surface area contributed by atoms with Gasteiger partial charge in [0.05, 0.1) is 24.4 Å². The first-order valence-electron chi connectivity index (χ1n) is 10.9. The molecule has 0 fully saturated rings. The molecule has 170 valence electrons. The highest BCUT2D eigenvalue weighted by Gasteiger charge is 2.11. The zero-order valence-corrected chi connectivity index (χ0v) is 19.1. The zero-order valence-electron chi connectivity index (χ0n) is 19.1. The van der Waals surface area contributed by atoms with Crippen molar-refractivity contribution in [3.8, 4) is 28.3 Å². The van der Waals surface area contributed by atoms with Crippen molar-refractivity contribution in [3.05, 3.63) is 79.6 Å². The van der Waals surface area contributed by atoms with E-state index in [1.54, 1.807) is 24.4 Å². The van der Waals surface area contributed by atoms with Crippen LogP contribution in [0.15, 0.2) is 79.6 Å². The average molecular weight is 453 g/mol. The van der Waals surface area contributed by atoms with Gasteiger partial charge in [-0.3, -0.25) is 0 Å². The Balaban J connectivity index is 1.48. The minimum absolute atomic E-state index is 0.0425. The van der Waals surface area contributed by atoms with Gasteiger partial charge in [-0.2, -0.15) is 5.10 Å². The molecule has 0 spiro atoms. The van der Waals surface area contributed by atoms with Gasteiger partial charge >= 0.3 is 0 Å². The lowest BCUT2D eigenvalue weighted by Gasteiger charge is -2.15. The summed E-state index contributed by atoms with van der Waals surface area (Å²) in [5, 5.41) is 8.49. The second-order valence-electron chi connectivity index (χ2n) is 8.00. The molecule has 0 aliphatic carbocycles. The van der Waals surface area contributed by atoms with Crippen LogP contribution in [-0.4, -0.2) is 37.9 Å². The second-order valence-corrected chi connectivity index (χ2v) is 8.00. The Morgan fingerprint density at radius 3 is 2.38 bits per heavy atom. The van der Waals surface area contributed by atoms with Gasteiger partial charge in [0.1, 0.15) is 24.8 Å². The Hall–Kier alpha value is -4.46. The van der Waals surface area contributed by atoms with E-state index in [4.69, 9.17) is 9.47 Å². The number of fused-ring (bicyclic) bond motifs is 1. The minimum Gasteiger partial charge on any atom is -0.493 e. The number of hydrogen-bond donors (Lipinski definition) is 1. The van der Waals surface area contributed by atoms with E-state index in [9.17, 15) is 0 Å². The third kappa shape index (κ3) is 4.38. The Morgan fingerprint density at radius 2 is 1.65 bits per heavy atom. The third-order valence-electron chi connectivity index (χ3n) is 5.31. The van der Waals surface area contributed by atoms with Crippen LogP contribution in [-0.2, 0) is 0 Å². The highest BCUT2D eigenvalue weighted by atomic mass is 16.5. The van der Waals surface area contributed by atoms with Crippen LogP contribution in [0.1, 0.15) is 13.8 Å². The van der Waals surface area contributed by atoms with Gasteiger partial charge in [-0.1, -0.05) is 12.1 Å². The average Bonchev–Trinajstić information content (AvgIpc) is 3.39. The Morgan fingerprint density at radius 1 is 0.853 bits per heavy atom. The predicted molar refractivity (Wildman–Crippen MR) is 132 cm³/mol. The maximum Gasteiger partial charge on any atom is 0.162 e. The smallest absolute Gasteiger partial charge is 0.162 e. The normalized spacial score (nSPS) is 11.1. The molecule has 8 heteroatoms. The molecule has 0 saturated carbocycles. The highest BCUT2D eigenvalue weighted by molar-refractivity contribution is 5.94. The van der Waals surface area contributed by atoms with E-state index in [0.29, 0.717) is 11.5 Å². The monoisotopic (exact) mass is 452 g/mol. The molecule has 3 aromatic carbocycles. The second kappa shape index (κ2) is 9.19. The van der Waals surface area contributed by atoms with Crippen molar-refractivity contribution in [3.63, 3.8) is 0 Å². The van der Waals surface area contributed by atoms with Crippen molar-refractivity contribution < 1.29 is 9.47 Å². The Bertz CT molecular complexity index is 1420. The summed E-state index contributed by atoms with van der Waals surface area (Å²) < 4.78 is 13.1. The molecule has 0 saturated heterocycles. The van der Waals surface area contributed by atoms with E-state index < -0.39 is 0 Å². The number of nitrogens with one attached hydrogen (secondary N) is 1. The van der Waals surface area contributed by atoms with Gasteiger partial charge in [-0.05, 0) is 73.5 Å². The first kappa shape index (κ1) is 21.4. The summed E-state index contributed by atoms with van der Waals surface area (Å²) in [7, 11) is 1.64. The van der Waals surface area contributed by atoms with Gasteiger partial charge in [-0.25, -0.2) is 19.6 Å². The SMILES string of the molecule is COc1ccc(-c2ccc3ncnc(Nc4ccc(-n5cncn5)cc4)c3c2)cc1OC(C)C.